The summed E-state index contributed by atoms with van der Waals surface area (Å²) in [5, 5.41) is 0. The maximum atomic E-state index is 2.52. The van der Waals surface area contributed by atoms with Gasteiger partial charge in [-0.2, -0.15) is 0 Å². The molecule has 0 atom stereocenters. The molecule has 21 heavy (non-hydrogen) atoms. The van der Waals surface area contributed by atoms with Crippen molar-refractivity contribution in [2.45, 2.75) is 129 Å². The van der Waals surface area contributed by atoms with E-state index in [1.165, 1.54) is 77.0 Å². The zero-order valence-corrected chi connectivity index (χ0v) is 16.8. The Morgan fingerprint density at radius 1 is 0.429 bits per heavy atom. The van der Waals surface area contributed by atoms with Crippen LogP contribution in [0.3, 0.4) is 0 Å². The van der Waals surface area contributed by atoms with Crippen LogP contribution in [0.1, 0.15) is 105 Å². The lowest BCUT2D eigenvalue weighted by molar-refractivity contribution is 0.663. The van der Waals surface area contributed by atoms with Crippen LogP contribution >= 0.6 is 0 Å². The van der Waals surface area contributed by atoms with Gasteiger partial charge in [-0.05, 0) is 0 Å². The molecular formula is C20H44Si. The molecule has 0 aliphatic heterocycles. The maximum absolute atomic E-state index is 2.52. The SMILES string of the molecule is CCCCCC[Si](CC)(CCCCCC)CCCCCC. The standard InChI is InChI=1S/C20H44Si/c1-5-9-12-15-18-21(8-4,19-16-13-10-6-2)20-17-14-11-7-3/h5-20H2,1-4H3. The first-order valence-electron chi connectivity index (χ1n) is 10.2. The summed E-state index contributed by atoms with van der Waals surface area (Å²) in [7, 11) is -0.919. The first kappa shape index (κ1) is 21.2. The Hall–Kier alpha value is 0.217. The molecule has 0 nitrogen and oxygen atoms in total. The van der Waals surface area contributed by atoms with E-state index in [0.717, 1.165) is 0 Å². The van der Waals surface area contributed by atoms with Crippen LogP contribution in [0.5, 0.6) is 0 Å². The van der Waals surface area contributed by atoms with Gasteiger partial charge in [0.2, 0.25) is 0 Å². The molecule has 1 heteroatoms. The van der Waals surface area contributed by atoms with E-state index < -0.39 is 8.07 Å². The van der Waals surface area contributed by atoms with Gasteiger partial charge in [0, 0.05) is 0 Å². The number of rotatable bonds is 16. The third-order valence-corrected chi connectivity index (χ3v) is 11.2. The van der Waals surface area contributed by atoms with Crippen molar-refractivity contribution in [3.05, 3.63) is 0 Å². The Morgan fingerprint density at radius 3 is 1.00 bits per heavy atom. The predicted octanol–water partition coefficient (Wildman–Crippen LogP) is 8.20. The van der Waals surface area contributed by atoms with Gasteiger partial charge < -0.3 is 0 Å². The molecule has 0 spiro atoms. The van der Waals surface area contributed by atoms with E-state index in [4.69, 9.17) is 0 Å². The zero-order chi connectivity index (χ0) is 15.8. The van der Waals surface area contributed by atoms with Crippen LogP contribution < -0.4 is 0 Å². The monoisotopic (exact) mass is 312 g/mol. The summed E-state index contributed by atoms with van der Waals surface area (Å²) in [6, 6.07) is 6.47. The van der Waals surface area contributed by atoms with Crippen LogP contribution in [-0.4, -0.2) is 8.07 Å². The predicted molar refractivity (Wildman–Crippen MR) is 103 cm³/mol. The molecule has 0 amide bonds. The lowest BCUT2D eigenvalue weighted by Gasteiger charge is -2.31. The fourth-order valence-corrected chi connectivity index (χ4v) is 8.50. The molecule has 0 aromatic heterocycles. The van der Waals surface area contributed by atoms with Crippen LogP contribution in [-0.2, 0) is 0 Å². The average Bonchev–Trinajstić information content (AvgIpc) is 2.51. The van der Waals surface area contributed by atoms with Crippen molar-refractivity contribution in [3.63, 3.8) is 0 Å². The summed E-state index contributed by atoms with van der Waals surface area (Å²) in [6.07, 6.45) is 17.6. The lowest BCUT2D eigenvalue weighted by atomic mass is 10.2. The highest BCUT2D eigenvalue weighted by atomic mass is 28.3. The third kappa shape index (κ3) is 11.4. The van der Waals surface area contributed by atoms with E-state index in [1.54, 1.807) is 24.2 Å². The van der Waals surface area contributed by atoms with Crippen LogP contribution in [0.15, 0.2) is 0 Å². The van der Waals surface area contributed by atoms with E-state index >= 15 is 0 Å². The minimum absolute atomic E-state index is 0.919. The summed E-state index contributed by atoms with van der Waals surface area (Å²) in [6.45, 7) is 9.52. The van der Waals surface area contributed by atoms with E-state index in [0.29, 0.717) is 0 Å². The largest absolute Gasteiger partial charge is 0.0678 e. The summed E-state index contributed by atoms with van der Waals surface area (Å²) in [4.78, 5) is 0. The Balaban J connectivity index is 4.22. The molecule has 128 valence electrons. The topological polar surface area (TPSA) is 0 Å². The Morgan fingerprint density at radius 2 is 0.762 bits per heavy atom. The minimum atomic E-state index is -0.919. The quantitative estimate of drug-likeness (QED) is 0.199. The normalized spacial score (nSPS) is 12.0. The van der Waals surface area contributed by atoms with Crippen molar-refractivity contribution < 1.29 is 0 Å². The molecule has 0 saturated carbocycles. The van der Waals surface area contributed by atoms with Gasteiger partial charge in [0.15, 0.2) is 0 Å². The Labute approximate surface area is 137 Å². The van der Waals surface area contributed by atoms with E-state index in [2.05, 4.69) is 27.7 Å². The molecule has 0 bridgehead atoms. The van der Waals surface area contributed by atoms with Gasteiger partial charge in [0.25, 0.3) is 0 Å². The molecule has 0 aromatic carbocycles. The maximum Gasteiger partial charge on any atom is 0.0533 e. The fourth-order valence-electron chi connectivity index (χ4n) is 3.69. The van der Waals surface area contributed by atoms with E-state index in [9.17, 15) is 0 Å². The lowest BCUT2D eigenvalue weighted by Crippen LogP contribution is -2.32. The van der Waals surface area contributed by atoms with Crippen molar-refractivity contribution >= 4 is 8.07 Å². The molecule has 0 N–H and O–H groups in total. The first-order valence-corrected chi connectivity index (χ1v) is 13.1. The molecule has 0 unspecified atom stereocenters. The molecule has 0 aliphatic carbocycles. The van der Waals surface area contributed by atoms with Crippen molar-refractivity contribution in [2.24, 2.45) is 0 Å². The van der Waals surface area contributed by atoms with Gasteiger partial charge >= 0.3 is 0 Å². The fraction of sp³-hybridized carbons (Fsp3) is 1.00. The third-order valence-electron chi connectivity index (χ3n) is 5.43. The van der Waals surface area contributed by atoms with Gasteiger partial charge in [-0.3, -0.25) is 0 Å². The number of unbranched alkanes of at least 4 members (excludes halogenated alkanes) is 9. The highest BCUT2D eigenvalue weighted by molar-refractivity contribution is 6.79. The molecule has 0 saturated heterocycles. The summed E-state index contributed by atoms with van der Waals surface area (Å²) >= 11 is 0. The Kier molecular flexibility index (Phi) is 15.3. The van der Waals surface area contributed by atoms with Gasteiger partial charge in [0.05, 0.1) is 8.07 Å². The number of hydrogen-bond acceptors (Lipinski definition) is 0. The second-order valence-electron chi connectivity index (χ2n) is 7.29. The summed E-state index contributed by atoms with van der Waals surface area (Å²) in [5.41, 5.74) is 0. The summed E-state index contributed by atoms with van der Waals surface area (Å²) < 4.78 is 0. The van der Waals surface area contributed by atoms with Gasteiger partial charge in [-0.15, -0.1) is 0 Å². The van der Waals surface area contributed by atoms with Crippen molar-refractivity contribution in [3.8, 4) is 0 Å². The van der Waals surface area contributed by atoms with Crippen LogP contribution in [0.25, 0.3) is 0 Å². The number of hydrogen-bond donors (Lipinski definition) is 0. The average molecular weight is 313 g/mol. The van der Waals surface area contributed by atoms with Crippen molar-refractivity contribution in [1.29, 1.82) is 0 Å². The second-order valence-corrected chi connectivity index (χ2v) is 12.5. The molecule has 0 aliphatic rings. The van der Waals surface area contributed by atoms with E-state index in [-0.39, 0.29) is 0 Å². The summed E-state index contributed by atoms with van der Waals surface area (Å²) in [5.74, 6) is 0. The zero-order valence-electron chi connectivity index (χ0n) is 15.8. The van der Waals surface area contributed by atoms with Crippen LogP contribution in [0.2, 0.25) is 24.2 Å². The molecule has 0 aromatic rings. The smallest absolute Gasteiger partial charge is 0.0533 e. The molecular weight excluding hydrogens is 268 g/mol. The van der Waals surface area contributed by atoms with Crippen LogP contribution in [0, 0.1) is 0 Å². The van der Waals surface area contributed by atoms with Crippen molar-refractivity contribution in [1.82, 2.24) is 0 Å². The first-order chi connectivity index (χ1) is 10.2. The van der Waals surface area contributed by atoms with Gasteiger partial charge in [0.1, 0.15) is 0 Å². The van der Waals surface area contributed by atoms with Gasteiger partial charge in [-0.1, -0.05) is 129 Å². The second kappa shape index (κ2) is 15.1. The highest BCUT2D eigenvalue weighted by Gasteiger charge is 2.28. The van der Waals surface area contributed by atoms with Crippen LogP contribution in [0.4, 0.5) is 0 Å². The molecule has 0 radical (unpaired) electrons. The Bertz CT molecular complexity index is 169. The molecule has 0 heterocycles. The van der Waals surface area contributed by atoms with E-state index in [1.807, 2.05) is 0 Å². The molecule has 0 rings (SSSR count). The highest BCUT2D eigenvalue weighted by Crippen LogP contribution is 2.32. The van der Waals surface area contributed by atoms with Crippen molar-refractivity contribution in [2.75, 3.05) is 0 Å². The van der Waals surface area contributed by atoms with Gasteiger partial charge in [-0.25, -0.2) is 0 Å². The molecule has 0 fully saturated rings. The minimum Gasteiger partial charge on any atom is -0.0678 e.